The molecule has 0 aliphatic carbocycles. The minimum absolute atomic E-state index is 0.422. The molecule has 1 aromatic rings. The zero-order chi connectivity index (χ0) is 15.6. The number of hydrogen-bond donors (Lipinski definition) is 0. The van der Waals surface area contributed by atoms with Crippen molar-refractivity contribution in [2.24, 2.45) is 0 Å². The fraction of sp³-hybridized carbons (Fsp3) is 0.500. The van der Waals surface area contributed by atoms with E-state index in [9.17, 15) is 0 Å². The van der Waals surface area contributed by atoms with E-state index < -0.39 is 11.9 Å². The number of rotatable bonds is 3. The quantitative estimate of drug-likeness (QED) is 0.692. The van der Waals surface area contributed by atoms with Crippen LogP contribution in [0.2, 0.25) is 0 Å². The van der Waals surface area contributed by atoms with Gasteiger partial charge in [0.15, 0.2) is 0 Å². The van der Waals surface area contributed by atoms with E-state index in [1.807, 2.05) is 18.2 Å². The number of hydrogen-bond acceptors (Lipinski definition) is 2. The molecule has 0 N–H and O–H groups in total. The first-order chi connectivity index (χ1) is 9.83. The summed E-state index contributed by atoms with van der Waals surface area (Å²) in [6, 6.07) is 11.0. The molecule has 1 saturated heterocycles. The first-order valence-corrected chi connectivity index (χ1v) is 13.6. The summed E-state index contributed by atoms with van der Waals surface area (Å²) in [5.74, 6) is 0. The van der Waals surface area contributed by atoms with E-state index in [2.05, 4.69) is 54.2 Å². The van der Waals surface area contributed by atoms with Crippen LogP contribution in [-0.2, 0) is 11.9 Å². The summed E-state index contributed by atoms with van der Waals surface area (Å²) in [6.45, 7) is 10.8. The molecule has 0 amide bonds. The van der Waals surface area contributed by atoms with Gasteiger partial charge in [-0.1, -0.05) is 0 Å². The normalized spacial score (nSPS) is 18.8. The maximum absolute atomic E-state index is 6.91. The van der Waals surface area contributed by atoms with Crippen LogP contribution < -0.4 is 0 Å². The van der Waals surface area contributed by atoms with Crippen LogP contribution in [0.3, 0.4) is 0 Å². The van der Waals surface area contributed by atoms with E-state index in [0.717, 1.165) is 18.7 Å². The minimum atomic E-state index is -3.05. The van der Waals surface area contributed by atoms with Gasteiger partial charge in [-0.3, -0.25) is 0 Å². The standard InChI is InChI=1S/C9H18N2.C7H6.2ClH.Ru/c1-8(2)10-5-6-11(7-10)9(3)4;1-7-5-3-2-4-6-7;;;/h8-9H,5-6H2,1-4H3;1-6H;2*1H;/q;;;;+2/p-2. The average molecular weight is 416 g/mol. The molecule has 1 aromatic carbocycles. The Morgan fingerprint density at radius 2 is 1.43 bits per heavy atom. The van der Waals surface area contributed by atoms with Gasteiger partial charge in [0.2, 0.25) is 0 Å². The van der Waals surface area contributed by atoms with E-state index in [4.69, 9.17) is 19.4 Å². The Morgan fingerprint density at radius 3 is 1.86 bits per heavy atom. The van der Waals surface area contributed by atoms with E-state index in [-0.39, 0.29) is 0 Å². The zero-order valence-corrected chi connectivity index (χ0v) is 16.3. The summed E-state index contributed by atoms with van der Waals surface area (Å²) in [5.41, 5.74) is 1.11. The molecule has 0 unspecified atom stereocenters. The van der Waals surface area contributed by atoms with Gasteiger partial charge in [-0.15, -0.1) is 0 Å². The molecule has 1 heterocycles. The molecule has 2 rings (SSSR count). The molecule has 0 bridgehead atoms. The van der Waals surface area contributed by atoms with Crippen molar-refractivity contribution in [2.75, 3.05) is 13.1 Å². The van der Waals surface area contributed by atoms with Crippen molar-refractivity contribution in [2.45, 2.75) is 39.8 Å². The van der Waals surface area contributed by atoms with Gasteiger partial charge < -0.3 is 0 Å². The first-order valence-electron chi connectivity index (χ1n) is 7.25. The van der Waals surface area contributed by atoms with Gasteiger partial charge in [-0.05, 0) is 0 Å². The summed E-state index contributed by atoms with van der Waals surface area (Å²) < 4.78 is 3.27. The third kappa shape index (κ3) is 4.09. The SMILES string of the molecule is CC(C)N1CCN(C(C)C)[C]1=[Ru]([Cl])([Cl])=[CH]c1ccccc1. The Bertz CT molecular complexity index is 576. The van der Waals surface area contributed by atoms with E-state index in [1.54, 1.807) is 0 Å². The number of nitrogens with zero attached hydrogens (tertiary/aromatic N) is 2. The Labute approximate surface area is 138 Å². The molecule has 1 aliphatic rings. The molecule has 120 valence electrons. The molecule has 0 spiro atoms. The molecule has 21 heavy (non-hydrogen) atoms. The van der Waals surface area contributed by atoms with Crippen LogP contribution in [0.1, 0.15) is 33.3 Å². The molecule has 0 aromatic heterocycles. The molecule has 5 heteroatoms. The second-order valence-corrected chi connectivity index (χ2v) is 15.0. The second kappa shape index (κ2) is 7.11. The Hall–Kier alpha value is 0.0834. The van der Waals surface area contributed by atoms with Crippen molar-refractivity contribution in [1.29, 1.82) is 0 Å². The fourth-order valence-electron chi connectivity index (χ4n) is 2.47. The third-order valence-electron chi connectivity index (χ3n) is 3.54. The van der Waals surface area contributed by atoms with Crippen molar-refractivity contribution in [1.82, 2.24) is 9.80 Å². The van der Waals surface area contributed by atoms with Crippen LogP contribution in [0.5, 0.6) is 0 Å². The van der Waals surface area contributed by atoms with E-state index in [1.165, 1.54) is 4.35 Å². The number of benzene rings is 1. The zero-order valence-electron chi connectivity index (χ0n) is 13.0. The van der Waals surface area contributed by atoms with Crippen LogP contribution in [0.25, 0.3) is 0 Å². The Balaban J connectivity index is 2.61. The van der Waals surface area contributed by atoms with Crippen LogP contribution >= 0.6 is 19.4 Å². The summed E-state index contributed by atoms with van der Waals surface area (Å²) in [7, 11) is 13.8. The van der Waals surface area contributed by atoms with E-state index >= 15 is 0 Å². The third-order valence-corrected chi connectivity index (χ3v) is 9.12. The molecule has 2 nitrogen and oxygen atoms in total. The molecule has 1 aliphatic heterocycles. The monoisotopic (exact) mass is 416 g/mol. The molecule has 1 fully saturated rings. The summed E-state index contributed by atoms with van der Waals surface area (Å²) in [5, 5.41) is 0. The van der Waals surface area contributed by atoms with Crippen LogP contribution in [-0.4, -0.2) is 43.9 Å². The molecule has 0 atom stereocenters. The topological polar surface area (TPSA) is 6.48 Å². The van der Waals surface area contributed by atoms with Crippen molar-refractivity contribution in [3.63, 3.8) is 0 Å². The van der Waals surface area contributed by atoms with Crippen LogP contribution in [0, 0.1) is 0 Å². The van der Waals surface area contributed by atoms with Gasteiger partial charge in [0, 0.05) is 0 Å². The van der Waals surface area contributed by atoms with Crippen LogP contribution in [0.4, 0.5) is 0 Å². The summed E-state index contributed by atoms with van der Waals surface area (Å²) in [6.07, 6.45) is 0. The van der Waals surface area contributed by atoms with Gasteiger partial charge in [0.05, 0.1) is 0 Å². The summed E-state index contributed by atoms with van der Waals surface area (Å²) >= 11 is -3.05. The van der Waals surface area contributed by atoms with Crippen LogP contribution in [0.15, 0.2) is 30.3 Å². The second-order valence-electron chi connectivity index (χ2n) is 5.79. The number of halogens is 2. The van der Waals surface area contributed by atoms with Gasteiger partial charge >= 0.3 is 139 Å². The summed E-state index contributed by atoms with van der Waals surface area (Å²) in [4.78, 5) is 4.76. The first kappa shape index (κ1) is 17.4. The van der Waals surface area contributed by atoms with Crippen molar-refractivity contribution >= 4 is 28.3 Å². The Kier molecular flexibility index (Phi) is 5.90. The maximum atomic E-state index is 6.91. The predicted molar refractivity (Wildman–Crippen MR) is 92.0 cm³/mol. The molecule has 0 saturated carbocycles. The van der Waals surface area contributed by atoms with E-state index in [0.29, 0.717) is 12.1 Å². The van der Waals surface area contributed by atoms with Gasteiger partial charge in [-0.2, -0.15) is 0 Å². The van der Waals surface area contributed by atoms with Gasteiger partial charge in [-0.25, -0.2) is 0 Å². The molecular formula is C16H24Cl2N2Ru. The fourth-order valence-corrected chi connectivity index (χ4v) is 9.25. The Morgan fingerprint density at radius 1 is 0.952 bits per heavy atom. The van der Waals surface area contributed by atoms with Crippen molar-refractivity contribution < 1.29 is 11.9 Å². The predicted octanol–water partition coefficient (Wildman–Crippen LogP) is 3.82. The van der Waals surface area contributed by atoms with Crippen molar-refractivity contribution in [3.05, 3.63) is 35.9 Å². The van der Waals surface area contributed by atoms with Gasteiger partial charge in [0.1, 0.15) is 0 Å². The average Bonchev–Trinajstić information content (AvgIpc) is 2.85. The van der Waals surface area contributed by atoms with Crippen molar-refractivity contribution in [3.8, 4) is 0 Å². The van der Waals surface area contributed by atoms with Gasteiger partial charge in [0.25, 0.3) is 0 Å². The molecular weight excluding hydrogens is 392 g/mol. The molecule has 0 radical (unpaired) electrons.